The average Bonchev–Trinajstić information content (AvgIpc) is 3.16. The number of fused-ring (bicyclic) bond motifs is 1. The number of esters is 1. The molecule has 0 saturated heterocycles. The van der Waals surface area contributed by atoms with Crippen molar-refractivity contribution in [1.82, 2.24) is 0 Å². The predicted molar refractivity (Wildman–Crippen MR) is 194 cm³/mol. The molecule has 4 aromatic rings. The Balaban J connectivity index is 1.13. The van der Waals surface area contributed by atoms with Crippen LogP contribution in [0.4, 0.5) is 0 Å². The lowest BCUT2D eigenvalue weighted by Crippen LogP contribution is -2.23. The number of hydrogen-bond acceptors (Lipinski definition) is 9. The Bertz CT molecular complexity index is 1590. The standard InChI is InChI=1S/C41H47NO8/c1-2-3-4-5-8-23-47-36-21-17-34(18-22-36)33-13-15-35(16-14-33)41(43)49-37-19-11-32(12-20-37)30-42-40-31-46-27-26-44-24-25-45-28-29-48-38-9-6-7-10-39(38)50-40/h6-7,9-22,30,40H,2-5,8,23-29,31H2,1H3/b42-30+. The zero-order valence-electron chi connectivity index (χ0n) is 28.8. The highest BCUT2D eigenvalue weighted by Gasteiger charge is 2.14. The second kappa shape index (κ2) is 20.7. The zero-order chi connectivity index (χ0) is 34.6. The molecule has 5 rings (SSSR count). The van der Waals surface area contributed by atoms with Crippen molar-refractivity contribution in [3.05, 3.63) is 108 Å². The second-order valence-corrected chi connectivity index (χ2v) is 11.8. The van der Waals surface area contributed by atoms with Crippen molar-refractivity contribution >= 4 is 12.2 Å². The summed E-state index contributed by atoms with van der Waals surface area (Å²) in [5.74, 6) is 2.03. The molecule has 0 saturated carbocycles. The van der Waals surface area contributed by atoms with Gasteiger partial charge in [0.2, 0.25) is 6.23 Å². The molecule has 50 heavy (non-hydrogen) atoms. The van der Waals surface area contributed by atoms with Crippen LogP contribution in [0.1, 0.15) is 54.9 Å². The molecule has 1 unspecified atom stereocenters. The van der Waals surface area contributed by atoms with E-state index in [0.29, 0.717) is 62.5 Å². The van der Waals surface area contributed by atoms with Gasteiger partial charge in [-0.1, -0.05) is 69.0 Å². The van der Waals surface area contributed by atoms with Gasteiger partial charge in [0, 0.05) is 6.21 Å². The second-order valence-electron chi connectivity index (χ2n) is 11.8. The van der Waals surface area contributed by atoms with Crippen LogP contribution in [-0.2, 0) is 14.2 Å². The van der Waals surface area contributed by atoms with Gasteiger partial charge in [-0.3, -0.25) is 0 Å². The molecule has 0 N–H and O–H groups in total. The van der Waals surface area contributed by atoms with Gasteiger partial charge in [-0.25, -0.2) is 9.79 Å². The molecule has 0 bridgehead atoms. The lowest BCUT2D eigenvalue weighted by atomic mass is 10.0. The number of hydrogen-bond donors (Lipinski definition) is 0. The van der Waals surface area contributed by atoms with E-state index in [1.807, 2.05) is 72.8 Å². The molecule has 1 aliphatic heterocycles. The van der Waals surface area contributed by atoms with Crippen molar-refractivity contribution < 1.29 is 38.0 Å². The molecule has 1 aliphatic rings. The van der Waals surface area contributed by atoms with Gasteiger partial charge in [0.1, 0.15) is 24.7 Å². The normalized spacial score (nSPS) is 15.9. The number of ether oxygens (including phenoxy) is 7. The highest BCUT2D eigenvalue weighted by atomic mass is 16.6. The number of aliphatic imine (C=N–C) groups is 1. The molecule has 4 aromatic carbocycles. The summed E-state index contributed by atoms with van der Waals surface area (Å²) in [5.41, 5.74) is 3.33. The lowest BCUT2D eigenvalue weighted by Gasteiger charge is -2.18. The van der Waals surface area contributed by atoms with E-state index in [2.05, 4.69) is 11.9 Å². The number of carbonyl (C=O) groups excluding carboxylic acids is 1. The van der Waals surface area contributed by atoms with E-state index in [1.165, 1.54) is 25.7 Å². The summed E-state index contributed by atoms with van der Waals surface area (Å²) in [6.45, 7) is 5.83. The molecular formula is C41H47NO8. The third kappa shape index (κ3) is 12.3. The summed E-state index contributed by atoms with van der Waals surface area (Å²) >= 11 is 0. The molecule has 9 nitrogen and oxygen atoms in total. The van der Waals surface area contributed by atoms with E-state index >= 15 is 0 Å². The van der Waals surface area contributed by atoms with Crippen molar-refractivity contribution in [1.29, 1.82) is 0 Å². The Morgan fingerprint density at radius 2 is 1.32 bits per heavy atom. The van der Waals surface area contributed by atoms with Crippen molar-refractivity contribution in [2.24, 2.45) is 4.99 Å². The van der Waals surface area contributed by atoms with Gasteiger partial charge < -0.3 is 33.2 Å². The predicted octanol–water partition coefficient (Wildman–Crippen LogP) is 8.19. The molecule has 0 spiro atoms. The van der Waals surface area contributed by atoms with Gasteiger partial charge in [-0.2, -0.15) is 0 Å². The fraction of sp³-hybridized carbons (Fsp3) is 0.366. The molecule has 0 aliphatic carbocycles. The van der Waals surface area contributed by atoms with E-state index in [0.717, 1.165) is 35.5 Å². The van der Waals surface area contributed by atoms with Crippen molar-refractivity contribution in [3.8, 4) is 34.1 Å². The molecule has 0 fully saturated rings. The minimum Gasteiger partial charge on any atom is -0.494 e. The molecule has 0 amide bonds. The quantitative estimate of drug-likeness (QED) is 0.0640. The van der Waals surface area contributed by atoms with E-state index in [4.69, 9.17) is 33.2 Å². The number of nitrogens with zero attached hydrogens (tertiary/aromatic N) is 1. The fourth-order valence-corrected chi connectivity index (χ4v) is 5.15. The maximum absolute atomic E-state index is 12.9. The zero-order valence-corrected chi connectivity index (χ0v) is 28.8. The Kier molecular flexibility index (Phi) is 15.2. The van der Waals surface area contributed by atoms with Crippen LogP contribution in [0.5, 0.6) is 23.0 Å². The van der Waals surface area contributed by atoms with Crippen LogP contribution >= 0.6 is 0 Å². The summed E-state index contributed by atoms with van der Waals surface area (Å²) in [5, 5.41) is 0. The number of para-hydroxylation sites is 2. The maximum Gasteiger partial charge on any atom is 0.343 e. The highest BCUT2D eigenvalue weighted by Crippen LogP contribution is 2.28. The third-order valence-electron chi connectivity index (χ3n) is 7.91. The summed E-state index contributed by atoms with van der Waals surface area (Å²) in [4.78, 5) is 17.5. The first-order valence-corrected chi connectivity index (χ1v) is 17.5. The minimum atomic E-state index is -0.627. The number of carbonyl (C=O) groups is 1. The third-order valence-corrected chi connectivity index (χ3v) is 7.91. The van der Waals surface area contributed by atoms with Crippen LogP contribution in [0, 0.1) is 0 Å². The van der Waals surface area contributed by atoms with Gasteiger partial charge >= 0.3 is 5.97 Å². The summed E-state index contributed by atoms with van der Waals surface area (Å²) < 4.78 is 40.5. The summed E-state index contributed by atoms with van der Waals surface area (Å²) in [7, 11) is 0. The van der Waals surface area contributed by atoms with Gasteiger partial charge in [0.25, 0.3) is 0 Å². The largest absolute Gasteiger partial charge is 0.494 e. The molecule has 0 radical (unpaired) electrons. The molecule has 264 valence electrons. The topological polar surface area (TPSA) is 94.0 Å². The summed E-state index contributed by atoms with van der Waals surface area (Å²) in [6, 6.07) is 30.0. The van der Waals surface area contributed by atoms with E-state index in [1.54, 1.807) is 30.5 Å². The maximum atomic E-state index is 12.9. The Morgan fingerprint density at radius 1 is 0.700 bits per heavy atom. The van der Waals surface area contributed by atoms with E-state index in [9.17, 15) is 4.79 Å². The molecule has 0 aromatic heterocycles. The van der Waals surface area contributed by atoms with E-state index < -0.39 is 12.2 Å². The molecular weight excluding hydrogens is 634 g/mol. The first-order chi connectivity index (χ1) is 24.7. The Labute approximate surface area is 295 Å². The monoisotopic (exact) mass is 681 g/mol. The minimum absolute atomic E-state index is 0.220. The number of rotatable bonds is 12. The van der Waals surface area contributed by atoms with Crippen LogP contribution in [0.15, 0.2) is 102 Å². The average molecular weight is 682 g/mol. The fourth-order valence-electron chi connectivity index (χ4n) is 5.15. The van der Waals surface area contributed by atoms with Crippen molar-refractivity contribution in [2.75, 3.05) is 52.9 Å². The molecule has 9 heteroatoms. The van der Waals surface area contributed by atoms with Crippen LogP contribution in [0.25, 0.3) is 11.1 Å². The van der Waals surface area contributed by atoms with Crippen molar-refractivity contribution in [3.63, 3.8) is 0 Å². The van der Waals surface area contributed by atoms with Gasteiger partial charge in [0.05, 0.1) is 45.2 Å². The first kappa shape index (κ1) is 36.6. The Morgan fingerprint density at radius 3 is 2.04 bits per heavy atom. The van der Waals surface area contributed by atoms with Crippen molar-refractivity contribution in [2.45, 2.75) is 45.3 Å². The Hall–Kier alpha value is -4.70. The number of benzene rings is 4. The first-order valence-electron chi connectivity index (χ1n) is 17.5. The van der Waals surface area contributed by atoms with Gasteiger partial charge in [-0.15, -0.1) is 0 Å². The smallest absolute Gasteiger partial charge is 0.343 e. The van der Waals surface area contributed by atoms with Crippen LogP contribution in [-0.4, -0.2) is 71.3 Å². The summed E-state index contributed by atoms with van der Waals surface area (Å²) in [6.07, 6.45) is 7.14. The van der Waals surface area contributed by atoms with Crippen LogP contribution in [0.3, 0.4) is 0 Å². The van der Waals surface area contributed by atoms with Crippen LogP contribution in [0.2, 0.25) is 0 Å². The van der Waals surface area contributed by atoms with Crippen LogP contribution < -0.4 is 18.9 Å². The molecule has 1 atom stereocenters. The van der Waals surface area contributed by atoms with Gasteiger partial charge in [-0.05, 0) is 83.8 Å². The SMILES string of the molecule is CCCCCCCOc1ccc(-c2ccc(C(=O)Oc3ccc(/C=N/C4COCCOCCOCCOc5ccccc5O4)cc3)cc2)cc1. The lowest BCUT2D eigenvalue weighted by molar-refractivity contribution is -0.00310. The van der Waals surface area contributed by atoms with E-state index in [-0.39, 0.29) is 6.61 Å². The molecule has 1 heterocycles. The highest BCUT2D eigenvalue weighted by molar-refractivity contribution is 5.91. The van der Waals surface area contributed by atoms with Gasteiger partial charge in [0.15, 0.2) is 11.5 Å². The number of unbranched alkanes of at least 4 members (excludes halogenated alkanes) is 4.